The van der Waals surface area contributed by atoms with Crippen molar-refractivity contribution in [3.8, 4) is 0 Å². The van der Waals surface area contributed by atoms with Gasteiger partial charge in [-0.25, -0.2) is 8.42 Å². The van der Waals surface area contributed by atoms with Gasteiger partial charge in [-0.1, -0.05) is 11.6 Å². The Balaban J connectivity index is 1.91. The van der Waals surface area contributed by atoms with Crippen molar-refractivity contribution in [3.05, 3.63) is 16.9 Å². The van der Waals surface area contributed by atoms with Crippen LogP contribution in [0, 0.1) is 0 Å². The first-order valence-electron chi connectivity index (χ1n) is 7.22. The van der Waals surface area contributed by atoms with E-state index in [9.17, 15) is 13.2 Å². The number of sulfone groups is 1. The second kappa shape index (κ2) is 6.97. The number of carbonyl (C=O) groups is 1. The largest absolute Gasteiger partial charge is 0.335 e. The van der Waals surface area contributed by atoms with Gasteiger partial charge in [-0.2, -0.15) is 5.10 Å². The first-order chi connectivity index (χ1) is 10.3. The summed E-state index contributed by atoms with van der Waals surface area (Å²) in [4.78, 5) is 16.2. The van der Waals surface area contributed by atoms with Gasteiger partial charge in [-0.3, -0.25) is 14.4 Å². The number of hydrogen-bond donors (Lipinski definition) is 0. The average molecular weight is 349 g/mol. The van der Waals surface area contributed by atoms with Crippen molar-refractivity contribution in [3.63, 3.8) is 0 Å². The molecular formula is C13H21ClN4O3S. The fourth-order valence-electron chi connectivity index (χ4n) is 2.32. The van der Waals surface area contributed by atoms with Crippen LogP contribution in [0.2, 0.25) is 5.02 Å². The van der Waals surface area contributed by atoms with E-state index in [1.807, 2.05) is 6.92 Å². The van der Waals surface area contributed by atoms with Crippen molar-refractivity contribution in [2.45, 2.75) is 13.5 Å². The van der Waals surface area contributed by atoms with Crippen LogP contribution in [-0.4, -0.2) is 78.6 Å². The summed E-state index contributed by atoms with van der Waals surface area (Å²) in [5, 5.41) is 4.56. The second-order valence-corrected chi connectivity index (χ2v) is 8.11. The first-order valence-corrected chi connectivity index (χ1v) is 9.66. The van der Waals surface area contributed by atoms with E-state index in [1.54, 1.807) is 15.8 Å². The van der Waals surface area contributed by atoms with E-state index >= 15 is 0 Å². The van der Waals surface area contributed by atoms with Crippen molar-refractivity contribution in [1.29, 1.82) is 0 Å². The van der Waals surface area contributed by atoms with Crippen LogP contribution in [0.25, 0.3) is 0 Å². The van der Waals surface area contributed by atoms with Crippen LogP contribution in [0.4, 0.5) is 0 Å². The van der Waals surface area contributed by atoms with Crippen molar-refractivity contribution in [1.82, 2.24) is 19.6 Å². The number of rotatable bonds is 5. The van der Waals surface area contributed by atoms with E-state index in [4.69, 9.17) is 11.6 Å². The predicted molar refractivity (Wildman–Crippen MR) is 85.0 cm³/mol. The number of aryl methyl sites for hydroxylation is 1. The van der Waals surface area contributed by atoms with E-state index in [0.29, 0.717) is 44.3 Å². The first kappa shape index (κ1) is 17.2. The minimum absolute atomic E-state index is 0.147. The molecule has 0 unspecified atom stereocenters. The molecule has 0 radical (unpaired) electrons. The molecule has 1 saturated heterocycles. The number of hydrogen-bond acceptors (Lipinski definition) is 5. The number of amides is 1. The summed E-state index contributed by atoms with van der Waals surface area (Å²) in [6, 6.07) is 0. The summed E-state index contributed by atoms with van der Waals surface area (Å²) in [6.07, 6.45) is 2.88. The van der Waals surface area contributed by atoms with Crippen molar-refractivity contribution in [2.75, 3.05) is 44.7 Å². The van der Waals surface area contributed by atoms with Gasteiger partial charge in [0.15, 0.2) is 5.69 Å². The fourth-order valence-corrected chi connectivity index (χ4v) is 3.14. The maximum Gasteiger partial charge on any atom is 0.276 e. The molecule has 2 heterocycles. The van der Waals surface area contributed by atoms with Crippen molar-refractivity contribution in [2.24, 2.45) is 0 Å². The van der Waals surface area contributed by atoms with Gasteiger partial charge in [0, 0.05) is 51.7 Å². The number of halogens is 1. The Kier molecular flexibility index (Phi) is 5.46. The number of nitrogens with zero attached hydrogens (tertiary/aromatic N) is 4. The van der Waals surface area contributed by atoms with E-state index in [2.05, 4.69) is 10.00 Å². The Labute approximate surface area is 135 Å². The van der Waals surface area contributed by atoms with Gasteiger partial charge in [-0.15, -0.1) is 0 Å². The van der Waals surface area contributed by atoms with Crippen LogP contribution in [0.3, 0.4) is 0 Å². The molecule has 0 N–H and O–H groups in total. The van der Waals surface area contributed by atoms with E-state index in [-0.39, 0.29) is 17.4 Å². The molecule has 0 saturated carbocycles. The molecule has 9 heteroatoms. The van der Waals surface area contributed by atoms with E-state index < -0.39 is 9.84 Å². The molecule has 1 aliphatic heterocycles. The van der Waals surface area contributed by atoms with Gasteiger partial charge in [-0.05, 0) is 6.92 Å². The quantitative estimate of drug-likeness (QED) is 0.768. The molecule has 0 aromatic carbocycles. The van der Waals surface area contributed by atoms with Gasteiger partial charge in [0.1, 0.15) is 9.84 Å². The molecule has 1 amide bonds. The lowest BCUT2D eigenvalue weighted by Crippen LogP contribution is -2.49. The summed E-state index contributed by atoms with van der Waals surface area (Å²) >= 11 is 6.06. The Hall–Kier alpha value is -1.12. The third-order valence-electron chi connectivity index (χ3n) is 3.68. The molecule has 0 spiro atoms. The van der Waals surface area contributed by atoms with Crippen LogP contribution in [0.15, 0.2) is 6.20 Å². The van der Waals surface area contributed by atoms with Crippen LogP contribution in [-0.2, 0) is 16.4 Å². The van der Waals surface area contributed by atoms with Crippen LogP contribution >= 0.6 is 11.6 Å². The number of carbonyl (C=O) groups excluding carboxylic acids is 1. The van der Waals surface area contributed by atoms with Crippen LogP contribution in [0.1, 0.15) is 17.4 Å². The zero-order chi connectivity index (χ0) is 16.3. The Morgan fingerprint density at radius 3 is 2.45 bits per heavy atom. The Morgan fingerprint density at radius 1 is 1.32 bits per heavy atom. The predicted octanol–water partition coefficient (Wildman–Crippen LogP) is 0.359. The number of aromatic nitrogens is 2. The summed E-state index contributed by atoms with van der Waals surface area (Å²) in [6.45, 7) is 5.52. The van der Waals surface area contributed by atoms with Crippen LogP contribution in [0.5, 0.6) is 0 Å². The zero-order valence-corrected chi connectivity index (χ0v) is 14.4. The summed E-state index contributed by atoms with van der Waals surface area (Å²) in [7, 11) is -2.95. The van der Waals surface area contributed by atoms with Gasteiger partial charge in [0.2, 0.25) is 0 Å². The average Bonchev–Trinajstić information content (AvgIpc) is 2.85. The lowest BCUT2D eigenvalue weighted by Gasteiger charge is -2.34. The molecule has 2 rings (SSSR count). The monoisotopic (exact) mass is 348 g/mol. The maximum absolute atomic E-state index is 12.4. The molecule has 7 nitrogen and oxygen atoms in total. The van der Waals surface area contributed by atoms with Gasteiger partial charge in [0.05, 0.1) is 10.8 Å². The molecule has 22 heavy (non-hydrogen) atoms. The molecule has 1 aromatic rings. The zero-order valence-electron chi connectivity index (χ0n) is 12.8. The molecule has 1 fully saturated rings. The minimum atomic E-state index is -2.95. The SMILES string of the molecule is CCn1cc(Cl)c(C(=O)N2CCN(CCS(C)(=O)=O)CC2)n1. The topological polar surface area (TPSA) is 75.5 Å². The Bertz CT molecular complexity index is 636. The molecule has 0 bridgehead atoms. The molecule has 0 atom stereocenters. The molecule has 124 valence electrons. The van der Waals surface area contributed by atoms with Gasteiger partial charge in [0.25, 0.3) is 5.91 Å². The van der Waals surface area contributed by atoms with Crippen molar-refractivity contribution < 1.29 is 13.2 Å². The molecule has 0 aliphatic carbocycles. The van der Waals surface area contributed by atoms with Gasteiger partial charge < -0.3 is 4.90 Å². The lowest BCUT2D eigenvalue weighted by atomic mass is 10.3. The number of piperazine rings is 1. The highest BCUT2D eigenvalue weighted by Gasteiger charge is 2.26. The van der Waals surface area contributed by atoms with Gasteiger partial charge >= 0.3 is 0 Å². The van der Waals surface area contributed by atoms with E-state index in [1.165, 1.54) is 6.26 Å². The summed E-state index contributed by atoms with van der Waals surface area (Å²) in [5.74, 6) is -0.0202. The Morgan fingerprint density at radius 2 is 1.95 bits per heavy atom. The molecule has 1 aliphatic rings. The smallest absolute Gasteiger partial charge is 0.276 e. The fraction of sp³-hybridized carbons (Fsp3) is 0.692. The summed E-state index contributed by atoms with van der Waals surface area (Å²) < 4.78 is 24.0. The maximum atomic E-state index is 12.4. The van der Waals surface area contributed by atoms with Crippen molar-refractivity contribution >= 4 is 27.3 Å². The minimum Gasteiger partial charge on any atom is -0.335 e. The summed E-state index contributed by atoms with van der Waals surface area (Å²) in [5.41, 5.74) is 0.285. The lowest BCUT2D eigenvalue weighted by molar-refractivity contribution is 0.0637. The normalized spacial score (nSPS) is 17.0. The highest BCUT2D eigenvalue weighted by Crippen LogP contribution is 2.17. The standard InChI is InChI=1S/C13H21ClN4O3S/c1-3-18-10-11(14)12(15-18)13(19)17-6-4-16(5-7-17)8-9-22(2,20)21/h10H,3-9H2,1-2H3. The third-order valence-corrected chi connectivity index (χ3v) is 4.88. The highest BCUT2D eigenvalue weighted by molar-refractivity contribution is 7.90. The van der Waals surface area contributed by atoms with Crippen LogP contribution < -0.4 is 0 Å². The highest BCUT2D eigenvalue weighted by atomic mass is 35.5. The second-order valence-electron chi connectivity index (χ2n) is 5.45. The molecular weight excluding hydrogens is 328 g/mol. The van der Waals surface area contributed by atoms with E-state index in [0.717, 1.165) is 0 Å². The third kappa shape index (κ3) is 4.44. The molecule has 1 aromatic heterocycles.